The lowest BCUT2D eigenvalue weighted by Crippen LogP contribution is -2.21. The second-order valence-corrected chi connectivity index (χ2v) is 5.03. The van der Waals surface area contributed by atoms with Crippen molar-refractivity contribution < 1.29 is 9.13 Å². The molecule has 0 atom stereocenters. The van der Waals surface area contributed by atoms with E-state index >= 15 is 0 Å². The predicted octanol–water partition coefficient (Wildman–Crippen LogP) is 2.70. The van der Waals surface area contributed by atoms with Crippen molar-refractivity contribution in [3.05, 3.63) is 52.3 Å². The molecule has 0 aliphatic heterocycles. The number of aryl methyl sites for hydroxylation is 1. The molecule has 1 aromatic carbocycles. The molecule has 0 saturated carbocycles. The van der Waals surface area contributed by atoms with Gasteiger partial charge in [0.05, 0.1) is 7.11 Å². The third kappa shape index (κ3) is 3.19. The van der Waals surface area contributed by atoms with Gasteiger partial charge in [0.2, 0.25) is 0 Å². The van der Waals surface area contributed by atoms with E-state index in [9.17, 15) is 9.18 Å². The van der Waals surface area contributed by atoms with E-state index in [0.717, 1.165) is 0 Å². The maximum absolute atomic E-state index is 13.3. The minimum atomic E-state index is -0.326. The molecule has 0 unspecified atom stereocenters. The molecular weight excluding hydrogens is 279 g/mol. The van der Waals surface area contributed by atoms with Crippen molar-refractivity contribution in [1.29, 1.82) is 0 Å². The van der Waals surface area contributed by atoms with Crippen molar-refractivity contribution in [3.8, 4) is 5.75 Å². The van der Waals surface area contributed by atoms with E-state index in [2.05, 4.69) is 4.98 Å². The van der Waals surface area contributed by atoms with Crippen LogP contribution in [-0.2, 0) is 12.3 Å². The highest BCUT2D eigenvalue weighted by Crippen LogP contribution is 2.26. The van der Waals surface area contributed by atoms with Crippen LogP contribution in [0, 0.1) is 5.82 Å². The fourth-order valence-corrected chi connectivity index (χ4v) is 2.68. The summed E-state index contributed by atoms with van der Waals surface area (Å²) < 4.78 is 20.0. The summed E-state index contributed by atoms with van der Waals surface area (Å²) in [5.41, 5.74) is 0.570. The number of aromatic nitrogens is 2. The Balaban J connectivity index is 2.21. The summed E-state index contributed by atoms with van der Waals surface area (Å²) in [6, 6.07) is 4.33. The van der Waals surface area contributed by atoms with Crippen molar-refractivity contribution >= 4 is 11.8 Å². The fourth-order valence-electron chi connectivity index (χ4n) is 1.78. The van der Waals surface area contributed by atoms with E-state index in [1.807, 2.05) is 6.92 Å². The van der Waals surface area contributed by atoms with Gasteiger partial charge in [0, 0.05) is 30.3 Å². The van der Waals surface area contributed by atoms with Crippen LogP contribution in [0.1, 0.15) is 12.5 Å². The molecule has 106 valence electrons. The first kappa shape index (κ1) is 14.6. The number of rotatable bonds is 5. The van der Waals surface area contributed by atoms with Crippen molar-refractivity contribution in [1.82, 2.24) is 9.55 Å². The Hall–Kier alpha value is -1.82. The lowest BCUT2D eigenvalue weighted by atomic mass is 10.2. The molecule has 1 heterocycles. The van der Waals surface area contributed by atoms with Gasteiger partial charge in [-0.2, -0.15) is 0 Å². The molecule has 0 fully saturated rings. The van der Waals surface area contributed by atoms with Crippen LogP contribution in [-0.4, -0.2) is 16.7 Å². The Morgan fingerprint density at radius 1 is 1.45 bits per heavy atom. The van der Waals surface area contributed by atoms with E-state index in [1.165, 1.54) is 31.0 Å². The first-order chi connectivity index (χ1) is 9.65. The average molecular weight is 294 g/mol. The van der Waals surface area contributed by atoms with Crippen molar-refractivity contribution in [2.75, 3.05) is 7.11 Å². The summed E-state index contributed by atoms with van der Waals surface area (Å²) in [5, 5.41) is 0.403. The lowest BCUT2D eigenvalue weighted by molar-refractivity contribution is 0.410. The standard InChI is InChI=1S/C14H15FN2O2S/c1-3-17-7-6-16-13(14(17)18)20-9-10-8-11(15)4-5-12(10)19-2/h4-8H,3,9H2,1-2H3. The third-order valence-electron chi connectivity index (χ3n) is 2.83. The predicted molar refractivity (Wildman–Crippen MR) is 76.7 cm³/mol. The molecule has 2 aromatic rings. The van der Waals surface area contributed by atoms with Gasteiger partial charge in [-0.15, -0.1) is 0 Å². The monoisotopic (exact) mass is 294 g/mol. The highest BCUT2D eigenvalue weighted by molar-refractivity contribution is 7.98. The molecule has 0 amide bonds. The average Bonchev–Trinajstić information content (AvgIpc) is 2.46. The molecule has 0 aliphatic carbocycles. The number of benzene rings is 1. The van der Waals surface area contributed by atoms with Crippen LogP contribution in [0.2, 0.25) is 0 Å². The topological polar surface area (TPSA) is 44.1 Å². The maximum Gasteiger partial charge on any atom is 0.283 e. The van der Waals surface area contributed by atoms with Crippen LogP contribution < -0.4 is 10.3 Å². The van der Waals surface area contributed by atoms with Crippen LogP contribution in [0.3, 0.4) is 0 Å². The zero-order chi connectivity index (χ0) is 14.5. The fraction of sp³-hybridized carbons (Fsp3) is 0.286. The maximum atomic E-state index is 13.3. The van der Waals surface area contributed by atoms with Crippen LogP contribution in [0.4, 0.5) is 4.39 Å². The van der Waals surface area contributed by atoms with Gasteiger partial charge in [-0.25, -0.2) is 9.37 Å². The van der Waals surface area contributed by atoms with Crippen molar-refractivity contribution in [2.45, 2.75) is 24.2 Å². The molecule has 1 aromatic heterocycles. The highest BCUT2D eigenvalue weighted by atomic mass is 32.2. The zero-order valence-electron chi connectivity index (χ0n) is 11.3. The molecule has 4 nitrogen and oxygen atoms in total. The number of hydrogen-bond acceptors (Lipinski definition) is 4. The second kappa shape index (κ2) is 6.56. The van der Waals surface area contributed by atoms with Gasteiger partial charge >= 0.3 is 0 Å². The van der Waals surface area contributed by atoms with E-state index in [0.29, 0.717) is 28.6 Å². The molecule has 0 aliphatic rings. The van der Waals surface area contributed by atoms with Crippen molar-refractivity contribution in [2.24, 2.45) is 0 Å². The Labute approximate surface area is 120 Å². The number of hydrogen-bond donors (Lipinski definition) is 0. The SMILES string of the molecule is CCn1ccnc(SCc2cc(F)ccc2OC)c1=O. The van der Waals surface area contributed by atoms with Crippen LogP contribution >= 0.6 is 11.8 Å². The summed E-state index contributed by atoms with van der Waals surface area (Å²) in [6.07, 6.45) is 3.24. The Kier molecular flexibility index (Phi) is 4.79. The molecule has 0 spiro atoms. The minimum Gasteiger partial charge on any atom is -0.496 e. The molecular formula is C14H15FN2O2S. The minimum absolute atomic E-state index is 0.129. The molecule has 0 radical (unpaired) electrons. The first-order valence-electron chi connectivity index (χ1n) is 6.16. The van der Waals surface area contributed by atoms with Gasteiger partial charge in [-0.3, -0.25) is 4.79 Å². The Bertz CT molecular complexity index is 658. The Morgan fingerprint density at radius 2 is 2.25 bits per heavy atom. The van der Waals surface area contributed by atoms with Gasteiger partial charge in [0.25, 0.3) is 5.56 Å². The molecule has 0 saturated heterocycles. The number of thioether (sulfide) groups is 1. The Morgan fingerprint density at radius 3 is 2.95 bits per heavy atom. The lowest BCUT2D eigenvalue weighted by Gasteiger charge is -2.08. The molecule has 0 bridgehead atoms. The van der Waals surface area contributed by atoms with Crippen LogP contribution in [0.5, 0.6) is 5.75 Å². The largest absolute Gasteiger partial charge is 0.496 e. The van der Waals surface area contributed by atoms with Gasteiger partial charge in [-0.05, 0) is 25.1 Å². The number of nitrogens with zero attached hydrogens (tertiary/aromatic N) is 2. The van der Waals surface area contributed by atoms with Gasteiger partial charge < -0.3 is 9.30 Å². The summed E-state index contributed by atoms with van der Waals surface area (Å²) in [4.78, 5) is 16.1. The third-order valence-corrected chi connectivity index (χ3v) is 3.84. The first-order valence-corrected chi connectivity index (χ1v) is 7.15. The zero-order valence-corrected chi connectivity index (χ0v) is 12.1. The van der Waals surface area contributed by atoms with E-state index in [-0.39, 0.29) is 11.4 Å². The van der Waals surface area contributed by atoms with Gasteiger partial charge in [0.15, 0.2) is 5.03 Å². The van der Waals surface area contributed by atoms with Crippen LogP contribution in [0.25, 0.3) is 0 Å². The van der Waals surface area contributed by atoms with Gasteiger partial charge in [-0.1, -0.05) is 11.8 Å². The summed E-state index contributed by atoms with van der Waals surface area (Å²) in [5.74, 6) is 0.704. The smallest absolute Gasteiger partial charge is 0.283 e. The number of halogens is 1. The van der Waals surface area contributed by atoms with E-state index in [1.54, 1.807) is 23.0 Å². The van der Waals surface area contributed by atoms with E-state index < -0.39 is 0 Å². The van der Waals surface area contributed by atoms with Crippen molar-refractivity contribution in [3.63, 3.8) is 0 Å². The second-order valence-electron chi connectivity index (χ2n) is 4.07. The molecule has 0 N–H and O–H groups in total. The normalized spacial score (nSPS) is 10.6. The summed E-state index contributed by atoms with van der Waals surface area (Å²) in [7, 11) is 1.53. The van der Waals surface area contributed by atoms with Gasteiger partial charge in [0.1, 0.15) is 11.6 Å². The molecule has 6 heteroatoms. The quantitative estimate of drug-likeness (QED) is 0.795. The molecule has 2 rings (SSSR count). The summed E-state index contributed by atoms with van der Waals surface area (Å²) >= 11 is 1.28. The molecule has 20 heavy (non-hydrogen) atoms. The highest BCUT2D eigenvalue weighted by Gasteiger charge is 2.09. The number of methoxy groups -OCH3 is 1. The summed E-state index contributed by atoms with van der Waals surface area (Å²) in [6.45, 7) is 2.49. The van der Waals surface area contributed by atoms with Crippen LogP contribution in [0.15, 0.2) is 40.4 Å². The van der Waals surface area contributed by atoms with E-state index in [4.69, 9.17) is 4.74 Å². The number of ether oxygens (including phenoxy) is 1.